The van der Waals surface area contributed by atoms with E-state index in [0.717, 1.165) is 6.42 Å². The summed E-state index contributed by atoms with van der Waals surface area (Å²) in [6.45, 7) is 0. The van der Waals surface area contributed by atoms with Crippen molar-refractivity contribution >= 4 is 5.97 Å². The van der Waals surface area contributed by atoms with E-state index in [1.54, 1.807) is 6.08 Å². The number of aliphatic carboxylic acids is 1. The lowest BCUT2D eigenvalue weighted by Crippen LogP contribution is -2.68. The number of hydrogen-bond donors (Lipinski definition) is 2. The van der Waals surface area contributed by atoms with E-state index in [0.29, 0.717) is 12.8 Å². The van der Waals surface area contributed by atoms with Crippen LogP contribution in [-0.2, 0) is 4.79 Å². The van der Waals surface area contributed by atoms with Gasteiger partial charge in [0.15, 0.2) is 0 Å². The Kier molecular flexibility index (Phi) is 3.45. The van der Waals surface area contributed by atoms with Crippen molar-refractivity contribution in [1.29, 1.82) is 0 Å². The van der Waals surface area contributed by atoms with Gasteiger partial charge >= 0.3 is 0 Å². The van der Waals surface area contributed by atoms with Crippen LogP contribution in [0.15, 0.2) is 12.2 Å². The summed E-state index contributed by atoms with van der Waals surface area (Å²) in [5.41, 5.74) is 3.49. The molecule has 0 saturated heterocycles. The third kappa shape index (κ3) is 3.16. The van der Waals surface area contributed by atoms with Gasteiger partial charge in [-0.2, -0.15) is 0 Å². The SMILES string of the molecule is [NH3+][C@@H](C[C@H]1C=C[C@H](O)CC1)C(=O)[O-]. The summed E-state index contributed by atoms with van der Waals surface area (Å²) < 4.78 is 0. The molecule has 3 atom stereocenters. The van der Waals surface area contributed by atoms with Gasteiger partial charge in [0.2, 0.25) is 0 Å². The van der Waals surface area contributed by atoms with Crippen LogP contribution < -0.4 is 10.8 Å². The van der Waals surface area contributed by atoms with Crippen LogP contribution >= 0.6 is 0 Å². The van der Waals surface area contributed by atoms with Crippen molar-refractivity contribution in [2.45, 2.75) is 31.4 Å². The molecule has 4 nitrogen and oxygen atoms in total. The molecule has 0 fully saturated rings. The van der Waals surface area contributed by atoms with Crippen LogP contribution in [0.2, 0.25) is 0 Å². The van der Waals surface area contributed by atoms with E-state index in [1.165, 1.54) is 0 Å². The fraction of sp³-hybridized carbons (Fsp3) is 0.667. The van der Waals surface area contributed by atoms with Gasteiger partial charge in [0.1, 0.15) is 6.04 Å². The molecular formula is C9H15NO3. The highest BCUT2D eigenvalue weighted by Gasteiger charge is 2.18. The van der Waals surface area contributed by atoms with Crippen molar-refractivity contribution in [3.05, 3.63) is 12.2 Å². The summed E-state index contributed by atoms with van der Waals surface area (Å²) in [5, 5.41) is 19.5. The van der Waals surface area contributed by atoms with Gasteiger partial charge in [0.05, 0.1) is 12.1 Å². The number of quaternary nitrogens is 1. The van der Waals surface area contributed by atoms with E-state index in [1.807, 2.05) is 6.08 Å². The third-order valence-corrected chi connectivity index (χ3v) is 2.36. The summed E-state index contributed by atoms with van der Waals surface area (Å²) in [5.74, 6) is -0.872. The third-order valence-electron chi connectivity index (χ3n) is 2.36. The molecular weight excluding hydrogens is 170 g/mol. The number of hydrogen-bond acceptors (Lipinski definition) is 3. The van der Waals surface area contributed by atoms with Crippen molar-refractivity contribution in [2.75, 3.05) is 0 Å². The largest absolute Gasteiger partial charge is 0.544 e. The van der Waals surface area contributed by atoms with E-state index < -0.39 is 12.0 Å². The zero-order valence-corrected chi connectivity index (χ0v) is 7.48. The first-order valence-electron chi connectivity index (χ1n) is 4.50. The molecule has 0 aromatic rings. The van der Waals surface area contributed by atoms with Gasteiger partial charge in [0, 0.05) is 6.42 Å². The molecule has 13 heavy (non-hydrogen) atoms. The molecule has 0 radical (unpaired) electrons. The van der Waals surface area contributed by atoms with Gasteiger partial charge in [-0.15, -0.1) is 0 Å². The Balaban J connectivity index is 2.38. The zero-order valence-electron chi connectivity index (χ0n) is 7.48. The molecule has 0 saturated carbocycles. The van der Waals surface area contributed by atoms with Crippen LogP contribution in [0.4, 0.5) is 0 Å². The van der Waals surface area contributed by atoms with Crippen LogP contribution in [0.1, 0.15) is 19.3 Å². The predicted molar refractivity (Wildman–Crippen MR) is 44.2 cm³/mol. The molecule has 0 bridgehead atoms. The van der Waals surface area contributed by atoms with Crippen LogP contribution in [0, 0.1) is 5.92 Å². The van der Waals surface area contributed by atoms with Gasteiger partial charge in [0.25, 0.3) is 0 Å². The first kappa shape index (κ1) is 10.2. The second-order valence-corrected chi connectivity index (χ2v) is 3.54. The van der Waals surface area contributed by atoms with E-state index >= 15 is 0 Å². The average molecular weight is 185 g/mol. The molecule has 0 aromatic heterocycles. The minimum absolute atomic E-state index is 0.226. The fourth-order valence-electron chi connectivity index (χ4n) is 1.52. The van der Waals surface area contributed by atoms with Crippen molar-refractivity contribution in [1.82, 2.24) is 0 Å². The van der Waals surface area contributed by atoms with Gasteiger partial charge in [-0.05, 0) is 18.8 Å². The first-order chi connectivity index (χ1) is 6.09. The molecule has 4 heteroatoms. The number of aliphatic hydroxyl groups is 1. The molecule has 0 spiro atoms. The highest BCUT2D eigenvalue weighted by atomic mass is 16.4. The van der Waals surface area contributed by atoms with Crippen LogP contribution in [0.5, 0.6) is 0 Å². The molecule has 0 aliphatic heterocycles. The molecule has 4 N–H and O–H groups in total. The Morgan fingerprint density at radius 3 is 2.77 bits per heavy atom. The summed E-state index contributed by atoms with van der Waals surface area (Å²) in [6.07, 6.45) is 5.28. The van der Waals surface area contributed by atoms with Crippen molar-refractivity contribution in [3.8, 4) is 0 Å². The lowest BCUT2D eigenvalue weighted by molar-refractivity contribution is -0.439. The molecule has 0 unspecified atom stereocenters. The Morgan fingerprint density at radius 1 is 1.62 bits per heavy atom. The van der Waals surface area contributed by atoms with E-state index in [4.69, 9.17) is 5.11 Å². The smallest absolute Gasteiger partial charge is 0.125 e. The molecule has 1 aliphatic rings. The second kappa shape index (κ2) is 4.39. The summed E-state index contributed by atoms with van der Waals surface area (Å²) in [7, 11) is 0. The van der Waals surface area contributed by atoms with Gasteiger partial charge in [-0.25, -0.2) is 0 Å². The van der Waals surface area contributed by atoms with E-state index in [2.05, 4.69) is 5.73 Å². The first-order valence-corrected chi connectivity index (χ1v) is 4.50. The number of allylic oxidation sites excluding steroid dienone is 1. The monoisotopic (exact) mass is 185 g/mol. The highest BCUT2D eigenvalue weighted by Crippen LogP contribution is 2.20. The van der Waals surface area contributed by atoms with Crippen molar-refractivity contribution in [2.24, 2.45) is 5.92 Å². The highest BCUT2D eigenvalue weighted by molar-refractivity contribution is 5.69. The summed E-state index contributed by atoms with van der Waals surface area (Å²) >= 11 is 0. The quantitative estimate of drug-likeness (QED) is 0.502. The number of carboxylic acid groups (broad SMARTS) is 1. The number of rotatable bonds is 3. The minimum Gasteiger partial charge on any atom is -0.544 e. The molecule has 1 aliphatic carbocycles. The van der Waals surface area contributed by atoms with Crippen LogP contribution in [0.3, 0.4) is 0 Å². The maximum Gasteiger partial charge on any atom is 0.125 e. The van der Waals surface area contributed by atoms with Gasteiger partial charge in [-0.1, -0.05) is 12.2 Å². The molecule has 74 valence electrons. The zero-order chi connectivity index (χ0) is 9.84. The Labute approximate surface area is 77.1 Å². The average Bonchev–Trinajstić information content (AvgIpc) is 2.08. The second-order valence-electron chi connectivity index (χ2n) is 3.54. The predicted octanol–water partition coefficient (Wildman–Crippen LogP) is -1.94. The molecule has 0 heterocycles. The Morgan fingerprint density at radius 2 is 2.31 bits per heavy atom. The van der Waals surface area contributed by atoms with Crippen LogP contribution in [0.25, 0.3) is 0 Å². The number of carbonyl (C=O) groups excluding carboxylic acids is 1. The lowest BCUT2D eigenvalue weighted by Gasteiger charge is -2.21. The Bertz CT molecular complexity index is 215. The lowest BCUT2D eigenvalue weighted by atomic mass is 9.89. The normalized spacial score (nSPS) is 30.0. The number of aliphatic hydroxyl groups excluding tert-OH is 1. The van der Waals surface area contributed by atoms with E-state index in [-0.39, 0.29) is 12.0 Å². The fourth-order valence-corrected chi connectivity index (χ4v) is 1.52. The molecule has 1 rings (SSSR count). The standard InChI is InChI=1S/C9H15NO3/c10-8(9(12)13)5-6-1-3-7(11)4-2-6/h1,3,6-8,11H,2,4-5,10H2,(H,12,13)/t6-,7-,8-/m0/s1. The maximum atomic E-state index is 10.4. The number of carbonyl (C=O) groups is 1. The number of carboxylic acids is 1. The summed E-state index contributed by atoms with van der Waals surface area (Å²) in [6, 6.07) is -0.648. The molecule has 0 amide bonds. The van der Waals surface area contributed by atoms with Gasteiger partial charge < -0.3 is 20.7 Å². The summed E-state index contributed by atoms with van der Waals surface area (Å²) in [4.78, 5) is 10.4. The van der Waals surface area contributed by atoms with E-state index in [9.17, 15) is 9.90 Å². The maximum absolute atomic E-state index is 10.4. The van der Waals surface area contributed by atoms with Gasteiger partial charge in [-0.3, -0.25) is 0 Å². The van der Waals surface area contributed by atoms with Crippen molar-refractivity contribution in [3.63, 3.8) is 0 Å². The minimum atomic E-state index is -1.10. The topological polar surface area (TPSA) is 88.0 Å². The van der Waals surface area contributed by atoms with Crippen LogP contribution in [-0.4, -0.2) is 23.2 Å². The Hall–Kier alpha value is -0.870. The molecule has 0 aromatic carbocycles. The van der Waals surface area contributed by atoms with Crippen molar-refractivity contribution < 1.29 is 20.7 Å².